The van der Waals surface area contributed by atoms with Crippen LogP contribution in [-0.2, 0) is 38.1 Å². The third-order valence-corrected chi connectivity index (χ3v) is 2.07. The number of hydrogen-bond acceptors (Lipinski definition) is 8. The summed E-state index contributed by atoms with van der Waals surface area (Å²) in [4.78, 5) is 43.9. The van der Waals surface area contributed by atoms with Gasteiger partial charge < -0.3 is 24.1 Å². The average Bonchev–Trinajstić information content (AvgIpc) is 2.42. The van der Waals surface area contributed by atoms with Crippen molar-refractivity contribution in [1.29, 1.82) is 0 Å². The van der Waals surface area contributed by atoms with Crippen molar-refractivity contribution in [3.8, 4) is 0 Å². The molecule has 0 radical (unpaired) electrons. The van der Waals surface area contributed by atoms with E-state index >= 15 is 0 Å². The summed E-state index contributed by atoms with van der Waals surface area (Å²) in [6, 6.07) is 0. The zero-order valence-electron chi connectivity index (χ0n) is 11.8. The summed E-state index contributed by atoms with van der Waals surface area (Å²) in [5.41, 5.74) is 0. The highest BCUT2D eigenvalue weighted by molar-refractivity contribution is 5.82. The highest BCUT2D eigenvalue weighted by Gasteiger charge is 2.20. The monoisotopic (exact) mass is 306 g/mol. The molecule has 120 valence electrons. The Morgan fingerprint density at radius 2 is 1.67 bits per heavy atom. The molecule has 0 saturated carbocycles. The zero-order chi connectivity index (χ0) is 16.3. The van der Waals surface area contributed by atoms with Gasteiger partial charge in [-0.25, -0.2) is 9.59 Å². The van der Waals surface area contributed by atoms with Crippen molar-refractivity contribution in [1.82, 2.24) is 0 Å². The van der Waals surface area contributed by atoms with Gasteiger partial charge in [-0.1, -0.05) is 0 Å². The van der Waals surface area contributed by atoms with Crippen molar-refractivity contribution >= 4 is 23.9 Å². The fourth-order valence-electron chi connectivity index (χ4n) is 1.04. The topological polar surface area (TPSA) is 125 Å². The Balaban J connectivity index is 3.91. The van der Waals surface area contributed by atoms with Gasteiger partial charge >= 0.3 is 23.9 Å². The highest BCUT2D eigenvalue weighted by atomic mass is 16.6. The molecule has 0 aromatic carbocycles. The van der Waals surface area contributed by atoms with Crippen LogP contribution < -0.4 is 0 Å². The van der Waals surface area contributed by atoms with Gasteiger partial charge in [-0.05, 0) is 6.92 Å². The van der Waals surface area contributed by atoms with E-state index in [1.165, 1.54) is 14.0 Å². The number of carbonyl (C=O) groups is 4. The van der Waals surface area contributed by atoms with Crippen molar-refractivity contribution in [2.75, 3.05) is 26.9 Å². The minimum Gasteiger partial charge on any atom is -0.481 e. The molecule has 9 heteroatoms. The lowest BCUT2D eigenvalue weighted by atomic mass is 10.3. The number of carboxylic acid groups (broad SMARTS) is 1. The third-order valence-electron chi connectivity index (χ3n) is 2.07. The minimum atomic E-state index is -1.24. The van der Waals surface area contributed by atoms with Crippen LogP contribution in [0.3, 0.4) is 0 Å². The van der Waals surface area contributed by atoms with E-state index in [9.17, 15) is 19.2 Å². The van der Waals surface area contributed by atoms with Crippen molar-refractivity contribution in [3.05, 3.63) is 0 Å². The molecule has 0 bridgehead atoms. The SMILES string of the molecule is COCCOC(=O)COC(=O)C(C)OC(=O)CCC(=O)O. The van der Waals surface area contributed by atoms with Crippen LogP contribution in [-0.4, -0.2) is 62.0 Å². The fourth-order valence-corrected chi connectivity index (χ4v) is 1.04. The van der Waals surface area contributed by atoms with E-state index in [1.54, 1.807) is 0 Å². The normalized spacial score (nSPS) is 11.3. The summed E-state index contributed by atoms with van der Waals surface area (Å²) < 4.78 is 18.5. The number of rotatable bonds is 10. The van der Waals surface area contributed by atoms with Gasteiger partial charge in [-0.3, -0.25) is 9.59 Å². The molecule has 0 aromatic rings. The number of methoxy groups -OCH3 is 1. The fraction of sp³-hybridized carbons (Fsp3) is 0.667. The molecule has 0 amide bonds. The first-order valence-electron chi connectivity index (χ1n) is 6.09. The second-order valence-electron chi connectivity index (χ2n) is 3.85. The maximum Gasteiger partial charge on any atom is 0.347 e. The van der Waals surface area contributed by atoms with Gasteiger partial charge in [0.25, 0.3) is 0 Å². The largest absolute Gasteiger partial charge is 0.481 e. The van der Waals surface area contributed by atoms with E-state index in [-0.39, 0.29) is 19.6 Å². The number of aliphatic carboxylic acids is 1. The number of hydrogen-bond donors (Lipinski definition) is 1. The predicted molar refractivity (Wildman–Crippen MR) is 66.2 cm³/mol. The molecule has 0 aliphatic rings. The molecule has 0 aromatic heterocycles. The van der Waals surface area contributed by atoms with E-state index < -0.39 is 43.0 Å². The van der Waals surface area contributed by atoms with Gasteiger partial charge in [0, 0.05) is 7.11 Å². The van der Waals surface area contributed by atoms with Crippen LogP contribution in [0.2, 0.25) is 0 Å². The molecule has 0 spiro atoms. The molecule has 21 heavy (non-hydrogen) atoms. The molecule has 0 rings (SSSR count). The first-order valence-corrected chi connectivity index (χ1v) is 6.09. The molecule has 9 nitrogen and oxygen atoms in total. The van der Waals surface area contributed by atoms with Crippen molar-refractivity contribution in [2.45, 2.75) is 25.9 Å². The van der Waals surface area contributed by atoms with E-state index in [0.717, 1.165) is 0 Å². The molecular formula is C12H18O9. The van der Waals surface area contributed by atoms with Crippen molar-refractivity contribution in [2.24, 2.45) is 0 Å². The van der Waals surface area contributed by atoms with Crippen LogP contribution >= 0.6 is 0 Å². The van der Waals surface area contributed by atoms with Gasteiger partial charge in [0.1, 0.15) is 6.61 Å². The first kappa shape index (κ1) is 18.8. The summed E-state index contributed by atoms with van der Waals surface area (Å²) in [5, 5.41) is 8.38. The lowest BCUT2D eigenvalue weighted by Gasteiger charge is -2.12. The maximum atomic E-state index is 11.4. The summed E-state index contributed by atoms with van der Waals surface area (Å²) >= 11 is 0. The first-order chi connectivity index (χ1) is 9.86. The lowest BCUT2D eigenvalue weighted by molar-refractivity contribution is -0.171. The Labute approximate surface area is 121 Å². The standard InChI is InChI=1S/C12H18O9/c1-8(21-10(15)4-3-9(13)14)12(17)20-7-11(16)19-6-5-18-2/h8H,3-7H2,1-2H3,(H,13,14). The van der Waals surface area contributed by atoms with Crippen LogP contribution in [0.25, 0.3) is 0 Å². The molecule has 0 fully saturated rings. The van der Waals surface area contributed by atoms with Gasteiger partial charge in [0.15, 0.2) is 12.7 Å². The summed E-state index contributed by atoms with van der Waals surface area (Å²) in [6.45, 7) is 0.890. The number of carboxylic acids is 1. The summed E-state index contributed by atoms with van der Waals surface area (Å²) in [7, 11) is 1.44. The molecule has 1 N–H and O–H groups in total. The Morgan fingerprint density at radius 3 is 2.24 bits per heavy atom. The second kappa shape index (κ2) is 10.6. The van der Waals surface area contributed by atoms with E-state index in [1.807, 2.05) is 0 Å². The van der Waals surface area contributed by atoms with Gasteiger partial charge in [-0.15, -0.1) is 0 Å². The quantitative estimate of drug-likeness (QED) is 0.323. The molecule has 0 aliphatic carbocycles. The van der Waals surface area contributed by atoms with Crippen LogP contribution in [0.15, 0.2) is 0 Å². The van der Waals surface area contributed by atoms with Crippen LogP contribution in [0.5, 0.6) is 0 Å². The molecule has 0 heterocycles. The highest BCUT2D eigenvalue weighted by Crippen LogP contribution is 2.00. The molecule has 1 atom stereocenters. The zero-order valence-corrected chi connectivity index (χ0v) is 11.8. The molecule has 0 aliphatic heterocycles. The van der Waals surface area contributed by atoms with Crippen molar-refractivity contribution in [3.63, 3.8) is 0 Å². The Hall–Kier alpha value is -2.16. The van der Waals surface area contributed by atoms with Gasteiger partial charge in [0.05, 0.1) is 19.4 Å². The number of ether oxygens (including phenoxy) is 4. The smallest absolute Gasteiger partial charge is 0.347 e. The summed E-state index contributed by atoms with van der Waals surface area (Å²) in [5.74, 6) is -3.68. The molecule has 0 saturated heterocycles. The Kier molecular flexibility index (Phi) is 9.52. The maximum absolute atomic E-state index is 11.4. The van der Waals surface area contributed by atoms with Gasteiger partial charge in [0.2, 0.25) is 0 Å². The van der Waals surface area contributed by atoms with Gasteiger partial charge in [-0.2, -0.15) is 0 Å². The molecular weight excluding hydrogens is 288 g/mol. The molecule has 1 unspecified atom stereocenters. The number of esters is 3. The van der Waals surface area contributed by atoms with E-state index in [2.05, 4.69) is 18.9 Å². The second-order valence-corrected chi connectivity index (χ2v) is 3.85. The Bertz CT molecular complexity index is 377. The van der Waals surface area contributed by atoms with E-state index in [4.69, 9.17) is 5.11 Å². The Morgan fingerprint density at radius 1 is 1.00 bits per heavy atom. The minimum absolute atomic E-state index is 0.0343. The lowest BCUT2D eigenvalue weighted by Crippen LogP contribution is -2.29. The summed E-state index contributed by atoms with van der Waals surface area (Å²) in [6.07, 6.45) is -1.99. The van der Waals surface area contributed by atoms with Crippen LogP contribution in [0.4, 0.5) is 0 Å². The third kappa shape index (κ3) is 10.3. The predicted octanol–water partition coefficient (Wildman–Crippen LogP) is -0.484. The number of carbonyl (C=O) groups excluding carboxylic acids is 3. The van der Waals surface area contributed by atoms with E-state index in [0.29, 0.717) is 0 Å². The average molecular weight is 306 g/mol. The van der Waals surface area contributed by atoms with Crippen LogP contribution in [0, 0.1) is 0 Å². The van der Waals surface area contributed by atoms with Crippen LogP contribution in [0.1, 0.15) is 19.8 Å². The van der Waals surface area contributed by atoms with Crippen molar-refractivity contribution < 1.29 is 43.2 Å².